The number of pyridine rings is 1. The third-order valence-corrected chi connectivity index (χ3v) is 7.84. The van der Waals surface area contributed by atoms with Gasteiger partial charge in [-0.2, -0.15) is 0 Å². The number of anilines is 1. The molecule has 0 unspecified atom stereocenters. The van der Waals surface area contributed by atoms with Gasteiger partial charge in [0, 0.05) is 39.4 Å². The van der Waals surface area contributed by atoms with Gasteiger partial charge >= 0.3 is 6.09 Å². The molecule has 0 aliphatic carbocycles. The number of azide groups is 1. The fourth-order valence-electron chi connectivity index (χ4n) is 5.47. The highest BCUT2D eigenvalue weighted by Crippen LogP contribution is 2.35. The van der Waals surface area contributed by atoms with Gasteiger partial charge < -0.3 is 19.5 Å². The third-order valence-electron chi connectivity index (χ3n) is 7.59. The molecule has 0 saturated carbocycles. The molecule has 11 nitrogen and oxygen atoms in total. The standard InChI is InChI=1S/C33H38ClFN6O5/c1-32(2,3)46-31(43)41-23(19-45-33(41,4)5)15-16-24-25(35)8-7-9-26(24)38-30(42)29(39-40-36)28(20-10-13-22(34)14-11-20)21-12-17-27(44-6)37-18-21/h7-14,17-18,23,28-29H,15-16,19H2,1-6H3,(H,38,42)/t23-,28-,29-/m0/s1. The summed E-state index contributed by atoms with van der Waals surface area (Å²) in [6, 6.07) is 12.9. The van der Waals surface area contributed by atoms with E-state index in [4.69, 9.17) is 25.8 Å². The van der Waals surface area contributed by atoms with E-state index in [1.54, 1.807) is 83.3 Å². The summed E-state index contributed by atoms with van der Waals surface area (Å²) in [6.07, 6.45) is 1.51. The fraction of sp³-hybridized carbons (Fsp3) is 0.424. The van der Waals surface area contributed by atoms with Crippen molar-refractivity contribution in [3.8, 4) is 5.88 Å². The Labute approximate surface area is 272 Å². The lowest BCUT2D eigenvalue weighted by Gasteiger charge is -2.35. The minimum absolute atomic E-state index is 0.168. The van der Waals surface area contributed by atoms with E-state index in [1.165, 1.54) is 24.1 Å². The van der Waals surface area contributed by atoms with E-state index in [1.807, 2.05) is 0 Å². The van der Waals surface area contributed by atoms with Crippen LogP contribution in [-0.4, -0.2) is 59.0 Å². The number of rotatable bonds is 10. The Balaban J connectivity index is 1.62. The van der Waals surface area contributed by atoms with E-state index >= 15 is 4.39 Å². The average molecular weight is 653 g/mol. The Kier molecular flexibility index (Phi) is 10.8. The molecule has 1 saturated heterocycles. The second kappa shape index (κ2) is 14.4. The first-order valence-corrected chi connectivity index (χ1v) is 15.2. The molecule has 3 atom stereocenters. The zero-order chi connectivity index (χ0) is 33.6. The molecule has 46 heavy (non-hydrogen) atoms. The normalized spacial score (nSPS) is 17.0. The van der Waals surface area contributed by atoms with Gasteiger partial charge in [0.05, 0.1) is 19.8 Å². The van der Waals surface area contributed by atoms with Crippen LogP contribution >= 0.6 is 11.6 Å². The Morgan fingerprint density at radius 3 is 2.50 bits per heavy atom. The SMILES string of the molecule is COc1ccc([C@H](c2ccc(Cl)cc2)[C@H](N=[N+]=[N-])C(=O)Nc2cccc(F)c2CC[C@H]2COC(C)(C)N2C(=O)OC(C)(C)C)cn1. The van der Waals surface area contributed by atoms with Crippen molar-refractivity contribution >= 4 is 29.3 Å². The Morgan fingerprint density at radius 1 is 1.20 bits per heavy atom. The molecule has 244 valence electrons. The van der Waals surface area contributed by atoms with Crippen molar-refractivity contribution in [2.45, 2.75) is 76.8 Å². The predicted molar refractivity (Wildman–Crippen MR) is 172 cm³/mol. The maximum absolute atomic E-state index is 15.3. The molecule has 1 fully saturated rings. The van der Waals surface area contributed by atoms with Gasteiger partial charge in [0.15, 0.2) is 0 Å². The van der Waals surface area contributed by atoms with Crippen molar-refractivity contribution in [3.63, 3.8) is 0 Å². The molecule has 1 aliphatic rings. The van der Waals surface area contributed by atoms with Crippen LogP contribution in [0.1, 0.15) is 63.6 Å². The molecule has 1 aliphatic heterocycles. The second-order valence-corrected chi connectivity index (χ2v) is 12.8. The largest absolute Gasteiger partial charge is 0.481 e. The number of amides is 2. The predicted octanol–water partition coefficient (Wildman–Crippen LogP) is 7.64. The fourth-order valence-corrected chi connectivity index (χ4v) is 5.60. The zero-order valence-corrected chi connectivity index (χ0v) is 27.4. The van der Waals surface area contributed by atoms with E-state index in [0.29, 0.717) is 28.5 Å². The number of nitrogens with zero attached hydrogens (tertiary/aromatic N) is 5. The summed E-state index contributed by atoms with van der Waals surface area (Å²) in [5, 5.41) is 7.17. The molecule has 0 spiro atoms. The number of methoxy groups -OCH3 is 1. The topological polar surface area (TPSA) is 139 Å². The highest BCUT2D eigenvalue weighted by Gasteiger charge is 2.45. The average Bonchev–Trinajstić information content (AvgIpc) is 3.30. The monoisotopic (exact) mass is 652 g/mol. The molecule has 0 bridgehead atoms. The van der Waals surface area contributed by atoms with E-state index in [9.17, 15) is 15.1 Å². The quantitative estimate of drug-likeness (QED) is 0.136. The Morgan fingerprint density at radius 2 is 1.89 bits per heavy atom. The van der Waals surface area contributed by atoms with Crippen LogP contribution in [0.15, 0.2) is 65.9 Å². The molecular formula is C33H38ClFN6O5. The van der Waals surface area contributed by atoms with Gasteiger partial charge in [0.25, 0.3) is 0 Å². The lowest BCUT2D eigenvalue weighted by molar-refractivity contribution is -0.117. The van der Waals surface area contributed by atoms with Gasteiger partial charge in [0.1, 0.15) is 23.2 Å². The summed E-state index contributed by atoms with van der Waals surface area (Å²) in [5.41, 5.74) is 9.56. The van der Waals surface area contributed by atoms with Crippen LogP contribution in [0.4, 0.5) is 14.9 Å². The van der Waals surface area contributed by atoms with E-state index in [2.05, 4.69) is 20.3 Å². The summed E-state index contributed by atoms with van der Waals surface area (Å²) in [5.74, 6) is -1.58. The smallest absolute Gasteiger partial charge is 0.412 e. The number of aromatic nitrogens is 1. The van der Waals surface area contributed by atoms with Crippen LogP contribution in [0.2, 0.25) is 5.02 Å². The molecule has 4 rings (SSSR count). The molecule has 2 aromatic carbocycles. The van der Waals surface area contributed by atoms with Gasteiger partial charge in [-0.25, -0.2) is 14.2 Å². The van der Waals surface area contributed by atoms with Crippen LogP contribution in [0.5, 0.6) is 5.88 Å². The van der Waals surface area contributed by atoms with Crippen LogP contribution < -0.4 is 10.1 Å². The maximum atomic E-state index is 15.3. The molecule has 2 amide bonds. The first-order chi connectivity index (χ1) is 21.7. The van der Waals surface area contributed by atoms with Crippen LogP contribution in [0.25, 0.3) is 10.4 Å². The number of carbonyl (C=O) groups excluding carboxylic acids is 2. The maximum Gasteiger partial charge on any atom is 0.412 e. The van der Waals surface area contributed by atoms with Crippen molar-refractivity contribution in [1.82, 2.24) is 9.88 Å². The van der Waals surface area contributed by atoms with Crippen molar-refractivity contribution in [1.29, 1.82) is 0 Å². The number of carbonyl (C=O) groups is 2. The highest BCUT2D eigenvalue weighted by molar-refractivity contribution is 6.30. The van der Waals surface area contributed by atoms with E-state index < -0.39 is 47.1 Å². The summed E-state index contributed by atoms with van der Waals surface area (Å²) in [7, 11) is 1.49. The Hall–Kier alpha value is -4.38. The highest BCUT2D eigenvalue weighted by atomic mass is 35.5. The number of ether oxygens (including phenoxy) is 3. The van der Waals surface area contributed by atoms with Crippen molar-refractivity contribution in [2.75, 3.05) is 19.0 Å². The first-order valence-electron chi connectivity index (χ1n) is 14.8. The number of hydrogen-bond donors (Lipinski definition) is 1. The molecule has 13 heteroatoms. The van der Waals surface area contributed by atoms with E-state index in [0.717, 1.165) is 0 Å². The van der Waals surface area contributed by atoms with Crippen molar-refractivity contribution in [2.24, 2.45) is 5.11 Å². The summed E-state index contributed by atoms with van der Waals surface area (Å²) in [6.45, 7) is 9.13. The zero-order valence-electron chi connectivity index (χ0n) is 26.7. The van der Waals surface area contributed by atoms with Crippen LogP contribution in [-0.2, 0) is 20.7 Å². The van der Waals surface area contributed by atoms with Gasteiger partial charge in [-0.05, 0) is 88.4 Å². The third kappa shape index (κ3) is 8.25. The van der Waals surface area contributed by atoms with E-state index in [-0.39, 0.29) is 24.3 Å². The molecule has 2 heterocycles. The molecule has 3 aromatic rings. The van der Waals surface area contributed by atoms with Crippen LogP contribution in [0.3, 0.4) is 0 Å². The minimum Gasteiger partial charge on any atom is -0.481 e. The van der Waals surface area contributed by atoms with Gasteiger partial charge in [0.2, 0.25) is 11.8 Å². The number of hydrogen-bond acceptors (Lipinski definition) is 7. The van der Waals surface area contributed by atoms with Gasteiger partial charge in [-0.15, -0.1) is 0 Å². The molecule has 0 radical (unpaired) electrons. The summed E-state index contributed by atoms with van der Waals surface area (Å²) in [4.78, 5) is 35.8. The van der Waals surface area contributed by atoms with Gasteiger partial charge in [-0.3, -0.25) is 9.69 Å². The number of halogens is 2. The first kappa shape index (κ1) is 34.5. The number of nitrogens with one attached hydrogen (secondary N) is 1. The molecular weight excluding hydrogens is 615 g/mol. The van der Waals surface area contributed by atoms with Crippen LogP contribution in [0, 0.1) is 5.82 Å². The summed E-state index contributed by atoms with van der Waals surface area (Å²) >= 11 is 6.13. The molecule has 1 N–H and O–H groups in total. The molecule has 1 aromatic heterocycles. The Bertz CT molecular complexity index is 1590. The van der Waals surface area contributed by atoms with Crippen molar-refractivity contribution in [3.05, 3.63) is 98.8 Å². The number of benzene rings is 2. The summed E-state index contributed by atoms with van der Waals surface area (Å²) < 4.78 is 32.0. The lowest BCUT2D eigenvalue weighted by atomic mass is 9.85. The minimum atomic E-state index is -1.29. The van der Waals surface area contributed by atoms with Crippen molar-refractivity contribution < 1.29 is 28.2 Å². The second-order valence-electron chi connectivity index (χ2n) is 12.4. The van der Waals surface area contributed by atoms with Gasteiger partial charge in [-0.1, -0.05) is 41.0 Å². The lowest BCUT2D eigenvalue weighted by Crippen LogP contribution is -2.50.